The molecule has 0 spiro atoms. The number of halogens is 1. The predicted octanol–water partition coefficient (Wildman–Crippen LogP) is 2.46. The molecule has 2 amide bonds. The molecule has 3 N–H and O–H groups in total. The van der Waals surface area contributed by atoms with Gasteiger partial charge < -0.3 is 15.8 Å². The number of nitrogens with one attached hydrogen (secondary N) is 1. The Morgan fingerprint density at radius 1 is 1.44 bits per heavy atom. The number of carbonyl (C=O) groups is 2. The summed E-state index contributed by atoms with van der Waals surface area (Å²) in [5.41, 5.74) is 7.18. The molecule has 1 saturated heterocycles. The molecule has 7 nitrogen and oxygen atoms in total. The van der Waals surface area contributed by atoms with E-state index in [1.54, 1.807) is 24.4 Å². The smallest absolute Gasteiger partial charge is 0.414 e. The van der Waals surface area contributed by atoms with Gasteiger partial charge in [-0.2, -0.15) is 0 Å². The maximum atomic E-state index is 13.0. The quantitative estimate of drug-likeness (QED) is 0.834. The zero-order valence-electron chi connectivity index (χ0n) is 13.5. The number of benzene rings is 1. The van der Waals surface area contributed by atoms with E-state index in [1.165, 1.54) is 4.90 Å². The van der Waals surface area contributed by atoms with Crippen LogP contribution in [0, 0.1) is 5.92 Å². The lowest BCUT2D eigenvalue weighted by atomic mass is 10.1. The van der Waals surface area contributed by atoms with E-state index in [0.29, 0.717) is 29.2 Å². The van der Waals surface area contributed by atoms with E-state index in [-0.39, 0.29) is 18.4 Å². The van der Waals surface area contributed by atoms with Gasteiger partial charge in [0.05, 0.1) is 17.6 Å². The summed E-state index contributed by atoms with van der Waals surface area (Å²) in [5, 5.41) is 4.04. The number of nitrogens with two attached hydrogens (primary N) is 1. The Bertz CT molecular complexity index is 888. The molecular formula is C17H17FN4O3. The Hall–Kier alpha value is -2.90. The molecule has 2 aliphatic rings. The number of aromatic nitrogens is 1. The Kier molecular flexibility index (Phi) is 3.48. The van der Waals surface area contributed by atoms with Crippen molar-refractivity contribution in [2.24, 2.45) is 5.92 Å². The molecule has 3 atom stereocenters. The van der Waals surface area contributed by atoms with Crippen molar-refractivity contribution < 1.29 is 18.7 Å². The second-order valence-corrected chi connectivity index (χ2v) is 6.47. The van der Waals surface area contributed by atoms with Gasteiger partial charge in [0, 0.05) is 17.3 Å². The highest BCUT2D eigenvalue weighted by atomic mass is 19.1. The number of carbonyl (C=O) groups excluding carboxylic acids is 2. The number of anilines is 3. The molecule has 1 saturated carbocycles. The summed E-state index contributed by atoms with van der Waals surface area (Å²) in [6.07, 6.45) is 0.322. The SMILES string of the molecule is CC1COC(=O)N1c1cc(N)c2cnc(NC(=O)[C@@H]3C[C@@H]3F)cc2c1. The van der Waals surface area contributed by atoms with Gasteiger partial charge in [-0.1, -0.05) is 0 Å². The summed E-state index contributed by atoms with van der Waals surface area (Å²) in [5.74, 6) is -0.639. The minimum Gasteiger partial charge on any atom is -0.447 e. The number of hydrogen-bond acceptors (Lipinski definition) is 5. The summed E-state index contributed by atoms with van der Waals surface area (Å²) in [7, 11) is 0. The zero-order chi connectivity index (χ0) is 17.7. The first kappa shape index (κ1) is 15.6. The van der Waals surface area contributed by atoms with Gasteiger partial charge in [0.2, 0.25) is 5.91 Å². The number of nitrogens with zero attached hydrogens (tertiary/aromatic N) is 2. The van der Waals surface area contributed by atoms with Crippen LogP contribution >= 0.6 is 0 Å². The number of pyridine rings is 1. The van der Waals surface area contributed by atoms with Crippen LogP contribution < -0.4 is 16.0 Å². The molecular weight excluding hydrogens is 327 g/mol. The van der Waals surface area contributed by atoms with Crippen molar-refractivity contribution >= 4 is 40.0 Å². The van der Waals surface area contributed by atoms with Gasteiger partial charge >= 0.3 is 6.09 Å². The Morgan fingerprint density at radius 2 is 2.20 bits per heavy atom. The lowest BCUT2D eigenvalue weighted by Crippen LogP contribution is -2.30. The van der Waals surface area contributed by atoms with Gasteiger partial charge in [-0.3, -0.25) is 9.69 Å². The minimum atomic E-state index is -1.06. The van der Waals surface area contributed by atoms with Crippen molar-refractivity contribution in [3.05, 3.63) is 24.4 Å². The van der Waals surface area contributed by atoms with E-state index in [4.69, 9.17) is 10.5 Å². The number of cyclic esters (lactones) is 1. The fourth-order valence-electron chi connectivity index (χ4n) is 3.01. The predicted molar refractivity (Wildman–Crippen MR) is 91.1 cm³/mol. The number of hydrogen-bond donors (Lipinski definition) is 2. The molecule has 1 aromatic heterocycles. The Morgan fingerprint density at radius 3 is 2.84 bits per heavy atom. The second kappa shape index (κ2) is 5.58. The fraction of sp³-hybridized carbons (Fsp3) is 0.353. The molecule has 8 heteroatoms. The molecule has 2 fully saturated rings. The van der Waals surface area contributed by atoms with Crippen molar-refractivity contribution in [3.63, 3.8) is 0 Å². The van der Waals surface area contributed by atoms with Gasteiger partial charge in [-0.25, -0.2) is 14.2 Å². The third kappa shape index (κ3) is 2.73. The van der Waals surface area contributed by atoms with E-state index in [9.17, 15) is 14.0 Å². The highest BCUT2D eigenvalue weighted by Gasteiger charge is 2.43. The van der Waals surface area contributed by atoms with Crippen LogP contribution in [-0.4, -0.2) is 35.8 Å². The van der Waals surface area contributed by atoms with Crippen LogP contribution in [0.1, 0.15) is 13.3 Å². The molecule has 1 unspecified atom stereocenters. The first-order chi connectivity index (χ1) is 11.9. The molecule has 1 aliphatic heterocycles. The monoisotopic (exact) mass is 344 g/mol. The molecule has 0 radical (unpaired) electrons. The Balaban J connectivity index is 1.68. The largest absolute Gasteiger partial charge is 0.447 e. The van der Waals surface area contributed by atoms with Crippen molar-refractivity contribution in [3.8, 4) is 0 Å². The number of ether oxygens (including phenoxy) is 1. The average Bonchev–Trinajstić information content (AvgIpc) is 3.20. The van der Waals surface area contributed by atoms with E-state index in [2.05, 4.69) is 10.3 Å². The fourth-order valence-corrected chi connectivity index (χ4v) is 3.01. The summed E-state index contributed by atoms with van der Waals surface area (Å²) in [6, 6.07) is 5.06. The standard InChI is InChI=1S/C17H17FN4O3/c1-8-7-25-17(24)22(8)10-2-9-3-15(20-6-12(9)14(19)4-10)21-16(23)11-5-13(11)18/h2-4,6,8,11,13H,5,7,19H2,1H3,(H,20,21,23)/t8?,11-,13+/m1/s1. The molecule has 1 aliphatic carbocycles. The van der Waals surface area contributed by atoms with Crippen LogP contribution in [0.3, 0.4) is 0 Å². The van der Waals surface area contributed by atoms with Gasteiger partial charge in [-0.15, -0.1) is 0 Å². The number of amides is 2. The van der Waals surface area contributed by atoms with Gasteiger partial charge in [0.15, 0.2) is 0 Å². The summed E-state index contributed by atoms with van der Waals surface area (Å²) >= 11 is 0. The first-order valence-electron chi connectivity index (χ1n) is 8.04. The highest BCUT2D eigenvalue weighted by Crippen LogP contribution is 2.35. The van der Waals surface area contributed by atoms with Crippen LogP contribution in [0.2, 0.25) is 0 Å². The van der Waals surface area contributed by atoms with Crippen molar-refractivity contribution in [2.45, 2.75) is 25.6 Å². The lowest BCUT2D eigenvalue weighted by molar-refractivity contribution is -0.117. The highest BCUT2D eigenvalue weighted by molar-refractivity contribution is 6.02. The van der Waals surface area contributed by atoms with E-state index in [0.717, 1.165) is 5.39 Å². The number of alkyl halides is 1. The van der Waals surface area contributed by atoms with E-state index < -0.39 is 18.2 Å². The van der Waals surface area contributed by atoms with Crippen molar-refractivity contribution in [2.75, 3.05) is 22.6 Å². The zero-order valence-corrected chi connectivity index (χ0v) is 13.5. The molecule has 1 aromatic carbocycles. The number of rotatable bonds is 3. The van der Waals surface area contributed by atoms with Crippen LogP contribution in [0.15, 0.2) is 24.4 Å². The van der Waals surface area contributed by atoms with Gasteiger partial charge in [-0.05, 0) is 36.9 Å². The topological polar surface area (TPSA) is 97.6 Å². The van der Waals surface area contributed by atoms with Crippen LogP contribution in [0.4, 0.5) is 26.4 Å². The van der Waals surface area contributed by atoms with Gasteiger partial charge in [0.1, 0.15) is 18.6 Å². The third-order valence-corrected chi connectivity index (χ3v) is 4.52. The normalized spacial score (nSPS) is 25.1. The summed E-state index contributed by atoms with van der Waals surface area (Å²) in [6.45, 7) is 2.20. The molecule has 4 rings (SSSR count). The minimum absolute atomic E-state index is 0.0956. The lowest BCUT2D eigenvalue weighted by Gasteiger charge is -2.19. The molecule has 130 valence electrons. The number of nitrogen functional groups attached to an aromatic ring is 1. The summed E-state index contributed by atoms with van der Waals surface area (Å²) in [4.78, 5) is 29.5. The van der Waals surface area contributed by atoms with Crippen LogP contribution in [0.5, 0.6) is 0 Å². The Labute approximate surface area is 142 Å². The first-order valence-corrected chi connectivity index (χ1v) is 8.04. The van der Waals surface area contributed by atoms with Gasteiger partial charge in [0.25, 0.3) is 0 Å². The molecule has 2 aromatic rings. The second-order valence-electron chi connectivity index (χ2n) is 6.47. The summed E-state index contributed by atoms with van der Waals surface area (Å²) < 4.78 is 18.0. The average molecular weight is 344 g/mol. The number of fused-ring (bicyclic) bond motifs is 1. The van der Waals surface area contributed by atoms with Crippen LogP contribution in [-0.2, 0) is 9.53 Å². The maximum Gasteiger partial charge on any atom is 0.414 e. The van der Waals surface area contributed by atoms with Crippen molar-refractivity contribution in [1.82, 2.24) is 4.98 Å². The maximum absolute atomic E-state index is 13.0. The third-order valence-electron chi connectivity index (χ3n) is 4.52. The van der Waals surface area contributed by atoms with E-state index >= 15 is 0 Å². The van der Waals surface area contributed by atoms with E-state index in [1.807, 2.05) is 6.92 Å². The van der Waals surface area contributed by atoms with Crippen molar-refractivity contribution in [1.29, 1.82) is 0 Å². The van der Waals surface area contributed by atoms with Crippen LogP contribution in [0.25, 0.3) is 10.8 Å². The molecule has 25 heavy (non-hydrogen) atoms. The molecule has 2 heterocycles. The molecule has 0 bridgehead atoms.